The molecule has 12 heavy (non-hydrogen) atoms. The van der Waals surface area contributed by atoms with E-state index < -0.39 is 11.7 Å². The molecule has 0 aliphatic rings. The van der Waals surface area contributed by atoms with Crippen LogP contribution in [0.25, 0.3) is 0 Å². The third-order valence-electron chi connectivity index (χ3n) is 1.51. The fraction of sp³-hybridized carbons (Fsp3) is 0.125. The molecule has 0 spiro atoms. The van der Waals surface area contributed by atoms with E-state index in [9.17, 15) is 9.18 Å². The maximum Gasteiger partial charge on any atom is 0.251 e. The molecular formula is C8H7ClFNO. The first-order chi connectivity index (χ1) is 5.52. The first kappa shape index (κ1) is 9.00. The smallest absolute Gasteiger partial charge is 0.251 e. The van der Waals surface area contributed by atoms with Gasteiger partial charge in [-0.25, -0.2) is 4.39 Å². The number of amides is 1. The van der Waals surface area contributed by atoms with Gasteiger partial charge in [0.05, 0.1) is 5.56 Å². The molecule has 0 saturated heterocycles. The maximum atomic E-state index is 12.9. The Labute approximate surface area is 74.1 Å². The van der Waals surface area contributed by atoms with E-state index in [0.717, 1.165) is 0 Å². The molecule has 0 atom stereocenters. The summed E-state index contributed by atoms with van der Waals surface area (Å²) in [7, 11) is 0. The Balaban J connectivity index is 3.33. The summed E-state index contributed by atoms with van der Waals surface area (Å²) in [6.07, 6.45) is 0. The quantitative estimate of drug-likeness (QED) is 0.717. The van der Waals surface area contributed by atoms with Crippen LogP contribution in [0.5, 0.6) is 0 Å². The van der Waals surface area contributed by atoms with Crippen LogP contribution >= 0.6 is 11.6 Å². The summed E-state index contributed by atoms with van der Waals surface area (Å²) in [6, 6.07) is 2.41. The molecule has 0 unspecified atom stereocenters. The number of nitrogens with two attached hydrogens (primary N) is 1. The summed E-state index contributed by atoms with van der Waals surface area (Å²) in [5, 5.41) is 0.338. The van der Waals surface area contributed by atoms with Gasteiger partial charge in [-0.1, -0.05) is 11.6 Å². The SMILES string of the molecule is Cc1cc(F)c(C(N)=O)cc1Cl. The molecule has 0 aliphatic heterocycles. The molecule has 1 aromatic carbocycles. The highest BCUT2D eigenvalue weighted by molar-refractivity contribution is 6.31. The van der Waals surface area contributed by atoms with Crippen LogP contribution in [0.1, 0.15) is 15.9 Å². The number of carbonyl (C=O) groups excluding carboxylic acids is 1. The highest BCUT2D eigenvalue weighted by Gasteiger charge is 2.09. The Hall–Kier alpha value is -1.09. The molecule has 1 amide bonds. The van der Waals surface area contributed by atoms with Crippen LogP contribution in [0.15, 0.2) is 12.1 Å². The van der Waals surface area contributed by atoms with Crippen molar-refractivity contribution in [3.05, 3.63) is 34.1 Å². The van der Waals surface area contributed by atoms with Gasteiger partial charge in [-0.15, -0.1) is 0 Å². The van der Waals surface area contributed by atoms with E-state index >= 15 is 0 Å². The van der Waals surface area contributed by atoms with Gasteiger partial charge in [-0.05, 0) is 24.6 Å². The summed E-state index contributed by atoms with van der Waals surface area (Å²) in [5.74, 6) is -1.45. The Morgan fingerprint density at radius 3 is 2.67 bits per heavy atom. The van der Waals surface area contributed by atoms with Crippen LogP contribution in [-0.4, -0.2) is 5.91 Å². The van der Waals surface area contributed by atoms with E-state index in [2.05, 4.69) is 0 Å². The highest BCUT2D eigenvalue weighted by Crippen LogP contribution is 2.19. The van der Waals surface area contributed by atoms with Crippen molar-refractivity contribution in [2.75, 3.05) is 0 Å². The van der Waals surface area contributed by atoms with Gasteiger partial charge in [0.1, 0.15) is 5.82 Å². The van der Waals surface area contributed by atoms with E-state index in [4.69, 9.17) is 17.3 Å². The zero-order valence-electron chi connectivity index (χ0n) is 6.40. The van der Waals surface area contributed by atoms with Gasteiger partial charge in [-0.2, -0.15) is 0 Å². The van der Waals surface area contributed by atoms with Crippen molar-refractivity contribution in [3.63, 3.8) is 0 Å². The number of aryl methyl sites for hydroxylation is 1. The van der Waals surface area contributed by atoms with Crippen LogP contribution in [0.4, 0.5) is 4.39 Å². The number of hydrogen-bond donors (Lipinski definition) is 1. The van der Waals surface area contributed by atoms with Gasteiger partial charge in [0.25, 0.3) is 5.91 Å². The van der Waals surface area contributed by atoms with E-state index in [0.29, 0.717) is 10.6 Å². The second-order valence-electron chi connectivity index (χ2n) is 2.45. The number of hydrogen-bond acceptors (Lipinski definition) is 1. The topological polar surface area (TPSA) is 43.1 Å². The second kappa shape index (κ2) is 3.11. The third-order valence-corrected chi connectivity index (χ3v) is 1.92. The van der Waals surface area contributed by atoms with Crippen molar-refractivity contribution in [3.8, 4) is 0 Å². The summed E-state index contributed by atoms with van der Waals surface area (Å²) in [5.41, 5.74) is 5.30. The molecular weight excluding hydrogens is 181 g/mol. The van der Waals surface area contributed by atoms with Gasteiger partial charge in [0, 0.05) is 5.02 Å². The average Bonchev–Trinajstić information content (AvgIpc) is 1.96. The summed E-state index contributed by atoms with van der Waals surface area (Å²) >= 11 is 5.66. The number of benzene rings is 1. The highest BCUT2D eigenvalue weighted by atomic mass is 35.5. The van der Waals surface area contributed by atoms with Gasteiger partial charge >= 0.3 is 0 Å². The fourth-order valence-electron chi connectivity index (χ4n) is 0.835. The molecule has 0 fully saturated rings. The van der Waals surface area contributed by atoms with E-state index in [-0.39, 0.29) is 5.56 Å². The Morgan fingerprint density at radius 1 is 1.58 bits per heavy atom. The molecule has 0 saturated carbocycles. The van der Waals surface area contributed by atoms with Crippen LogP contribution in [0, 0.1) is 12.7 Å². The van der Waals surface area contributed by atoms with E-state index in [1.54, 1.807) is 6.92 Å². The molecule has 4 heteroatoms. The Kier molecular flexibility index (Phi) is 2.33. The summed E-state index contributed by atoms with van der Waals surface area (Å²) < 4.78 is 12.9. The predicted octanol–water partition coefficient (Wildman–Crippen LogP) is 1.89. The lowest BCUT2D eigenvalue weighted by atomic mass is 10.1. The van der Waals surface area contributed by atoms with Gasteiger partial charge in [0.15, 0.2) is 0 Å². The molecule has 2 nitrogen and oxygen atoms in total. The van der Waals surface area contributed by atoms with Crippen molar-refractivity contribution in [2.24, 2.45) is 5.73 Å². The van der Waals surface area contributed by atoms with Gasteiger partial charge < -0.3 is 5.73 Å². The molecule has 0 aromatic heterocycles. The lowest BCUT2D eigenvalue weighted by Gasteiger charge is -2.01. The van der Waals surface area contributed by atoms with Crippen molar-refractivity contribution in [1.29, 1.82) is 0 Å². The largest absolute Gasteiger partial charge is 0.366 e. The van der Waals surface area contributed by atoms with E-state index in [1.165, 1.54) is 12.1 Å². The van der Waals surface area contributed by atoms with Gasteiger partial charge in [-0.3, -0.25) is 4.79 Å². The first-order valence-electron chi connectivity index (χ1n) is 3.28. The molecule has 1 aromatic rings. The van der Waals surface area contributed by atoms with Crippen molar-refractivity contribution >= 4 is 17.5 Å². The van der Waals surface area contributed by atoms with Crippen LogP contribution < -0.4 is 5.73 Å². The lowest BCUT2D eigenvalue weighted by molar-refractivity contribution is 0.0996. The second-order valence-corrected chi connectivity index (χ2v) is 2.85. The van der Waals surface area contributed by atoms with E-state index in [1.807, 2.05) is 0 Å². The minimum absolute atomic E-state index is 0.175. The average molecular weight is 188 g/mol. The first-order valence-corrected chi connectivity index (χ1v) is 3.65. The van der Waals surface area contributed by atoms with Crippen LogP contribution in [-0.2, 0) is 0 Å². The van der Waals surface area contributed by atoms with Crippen molar-refractivity contribution in [2.45, 2.75) is 6.92 Å². The van der Waals surface area contributed by atoms with Crippen LogP contribution in [0.3, 0.4) is 0 Å². The van der Waals surface area contributed by atoms with Crippen LogP contribution in [0.2, 0.25) is 5.02 Å². The number of carbonyl (C=O) groups is 1. The predicted molar refractivity (Wildman–Crippen MR) is 44.7 cm³/mol. The fourth-order valence-corrected chi connectivity index (χ4v) is 0.999. The molecule has 0 radical (unpaired) electrons. The minimum atomic E-state index is -0.811. The third kappa shape index (κ3) is 1.56. The number of rotatable bonds is 1. The van der Waals surface area contributed by atoms with Crippen molar-refractivity contribution in [1.82, 2.24) is 0 Å². The minimum Gasteiger partial charge on any atom is -0.366 e. The number of halogens is 2. The van der Waals surface area contributed by atoms with Gasteiger partial charge in [0.2, 0.25) is 0 Å². The molecule has 1 rings (SSSR count). The zero-order chi connectivity index (χ0) is 9.30. The molecule has 0 heterocycles. The van der Waals surface area contributed by atoms with Crippen molar-refractivity contribution < 1.29 is 9.18 Å². The molecule has 0 bridgehead atoms. The monoisotopic (exact) mass is 187 g/mol. The normalized spacial score (nSPS) is 9.92. The standard InChI is InChI=1S/C8H7ClFNO/c1-4-2-7(10)5(8(11)12)3-6(4)9/h2-3H,1H3,(H2,11,12). The molecule has 64 valence electrons. The lowest BCUT2D eigenvalue weighted by Crippen LogP contribution is -2.13. The summed E-state index contributed by atoms with van der Waals surface area (Å²) in [4.78, 5) is 10.6. The number of primary amides is 1. The zero-order valence-corrected chi connectivity index (χ0v) is 7.15. The Bertz CT molecular complexity index is 338. The maximum absolute atomic E-state index is 12.9. The Morgan fingerprint density at radius 2 is 2.17 bits per heavy atom. The molecule has 0 aliphatic carbocycles. The summed E-state index contributed by atoms with van der Waals surface area (Å²) in [6.45, 7) is 1.65. The molecule has 2 N–H and O–H groups in total.